The average molecular weight is 317 g/mol. The molecule has 5 nitrogen and oxygen atoms in total. The lowest BCUT2D eigenvalue weighted by molar-refractivity contribution is 0.0942. The largest absolute Gasteiger partial charge is 0.493 e. The number of rotatable bonds is 4. The number of aryl methyl sites for hydroxylation is 1. The van der Waals surface area contributed by atoms with Crippen LogP contribution in [0, 0.1) is 12.8 Å². The molecule has 3 rings (SSSR count). The van der Waals surface area contributed by atoms with E-state index in [0.29, 0.717) is 23.9 Å². The number of nitrogens with one attached hydrogen (secondary N) is 2. The summed E-state index contributed by atoms with van der Waals surface area (Å²) in [6.07, 6.45) is 0.930. The number of aromatic nitrogens is 1. The van der Waals surface area contributed by atoms with Gasteiger partial charge in [-0.2, -0.15) is 0 Å². The lowest BCUT2D eigenvalue weighted by Gasteiger charge is -2.25. The number of thiazole rings is 1. The fourth-order valence-corrected chi connectivity index (χ4v) is 3.39. The highest BCUT2D eigenvalue weighted by atomic mass is 32.1. The minimum atomic E-state index is -0.0599. The molecule has 1 atom stereocenters. The van der Waals surface area contributed by atoms with E-state index in [0.717, 1.165) is 23.0 Å². The number of nitrogens with zero attached hydrogens (tertiary/aromatic N) is 1. The predicted octanol–water partition coefficient (Wildman–Crippen LogP) is 2.47. The molecule has 0 radical (unpaired) electrons. The minimum absolute atomic E-state index is 0.0599. The number of carbonyl (C=O) groups excluding carboxylic acids is 1. The van der Waals surface area contributed by atoms with Crippen LogP contribution in [0.15, 0.2) is 24.3 Å². The highest BCUT2D eigenvalue weighted by molar-refractivity contribution is 7.17. The molecule has 0 saturated carbocycles. The number of amides is 1. The predicted molar refractivity (Wildman–Crippen MR) is 87.9 cm³/mol. The number of para-hydroxylation sites is 1. The molecular weight excluding hydrogens is 298 g/mol. The molecule has 0 aliphatic carbocycles. The normalized spacial score (nSPS) is 16.5. The van der Waals surface area contributed by atoms with Crippen LogP contribution in [0.4, 0.5) is 5.13 Å². The number of benzene rings is 1. The average Bonchev–Trinajstić information content (AvgIpc) is 2.93. The molecule has 1 aromatic heterocycles. The van der Waals surface area contributed by atoms with Gasteiger partial charge in [0.05, 0.1) is 12.3 Å². The van der Waals surface area contributed by atoms with Crippen molar-refractivity contribution < 1.29 is 9.53 Å². The number of hydrogen-bond donors (Lipinski definition) is 2. The third-order valence-corrected chi connectivity index (χ3v) is 4.90. The first kappa shape index (κ1) is 14.8. The van der Waals surface area contributed by atoms with Crippen LogP contribution in [0.25, 0.3) is 0 Å². The topological polar surface area (TPSA) is 63.2 Å². The first-order chi connectivity index (χ1) is 10.7. The van der Waals surface area contributed by atoms with E-state index in [9.17, 15) is 4.79 Å². The first-order valence-electron chi connectivity index (χ1n) is 7.31. The van der Waals surface area contributed by atoms with Crippen LogP contribution in [0.1, 0.15) is 20.9 Å². The highest BCUT2D eigenvalue weighted by Crippen LogP contribution is 2.27. The van der Waals surface area contributed by atoms with Gasteiger partial charge in [-0.3, -0.25) is 4.79 Å². The zero-order chi connectivity index (χ0) is 15.5. The summed E-state index contributed by atoms with van der Waals surface area (Å²) in [7, 11) is 1.80. The monoisotopic (exact) mass is 317 g/mol. The highest BCUT2D eigenvalue weighted by Gasteiger charge is 2.21. The second kappa shape index (κ2) is 6.36. The van der Waals surface area contributed by atoms with E-state index in [2.05, 4.69) is 21.7 Å². The van der Waals surface area contributed by atoms with Gasteiger partial charge >= 0.3 is 0 Å². The van der Waals surface area contributed by atoms with Crippen molar-refractivity contribution in [1.29, 1.82) is 0 Å². The molecule has 0 spiro atoms. The van der Waals surface area contributed by atoms with Gasteiger partial charge < -0.3 is 15.4 Å². The van der Waals surface area contributed by atoms with Crippen molar-refractivity contribution in [2.75, 3.05) is 25.5 Å². The Morgan fingerprint density at radius 2 is 2.27 bits per heavy atom. The van der Waals surface area contributed by atoms with Gasteiger partial charge in [-0.05, 0) is 25.0 Å². The quantitative estimate of drug-likeness (QED) is 0.909. The Morgan fingerprint density at radius 1 is 1.45 bits per heavy atom. The van der Waals surface area contributed by atoms with E-state index in [1.165, 1.54) is 16.9 Å². The van der Waals surface area contributed by atoms with E-state index >= 15 is 0 Å². The van der Waals surface area contributed by atoms with Crippen LogP contribution >= 0.6 is 11.3 Å². The summed E-state index contributed by atoms with van der Waals surface area (Å²) < 4.78 is 5.75. The van der Waals surface area contributed by atoms with Crippen molar-refractivity contribution in [2.24, 2.45) is 5.92 Å². The minimum Gasteiger partial charge on any atom is -0.493 e. The first-order valence-corrected chi connectivity index (χ1v) is 8.13. The smallest absolute Gasteiger partial charge is 0.263 e. The molecular formula is C16H19N3O2S. The maximum atomic E-state index is 12.3. The zero-order valence-corrected chi connectivity index (χ0v) is 13.5. The van der Waals surface area contributed by atoms with Crippen LogP contribution in [0.3, 0.4) is 0 Å². The number of ether oxygens (including phenoxy) is 1. The van der Waals surface area contributed by atoms with Crippen LogP contribution < -0.4 is 15.4 Å². The summed E-state index contributed by atoms with van der Waals surface area (Å²) in [5, 5.41) is 6.73. The lowest BCUT2D eigenvalue weighted by Crippen LogP contribution is -2.34. The van der Waals surface area contributed by atoms with Crippen molar-refractivity contribution >= 4 is 22.4 Å². The van der Waals surface area contributed by atoms with Crippen molar-refractivity contribution in [3.63, 3.8) is 0 Å². The molecule has 1 aliphatic rings. The molecule has 2 aromatic rings. The summed E-state index contributed by atoms with van der Waals surface area (Å²) in [6, 6.07) is 8.07. The van der Waals surface area contributed by atoms with Crippen molar-refractivity contribution in [1.82, 2.24) is 10.3 Å². The summed E-state index contributed by atoms with van der Waals surface area (Å²) >= 11 is 1.38. The third-order valence-electron chi connectivity index (χ3n) is 3.72. The molecule has 1 aromatic carbocycles. The Morgan fingerprint density at radius 3 is 3.05 bits per heavy atom. The number of carbonyl (C=O) groups is 1. The van der Waals surface area contributed by atoms with Gasteiger partial charge in [0.1, 0.15) is 10.6 Å². The van der Waals surface area contributed by atoms with Crippen molar-refractivity contribution in [3.8, 4) is 5.75 Å². The van der Waals surface area contributed by atoms with Gasteiger partial charge in [-0.25, -0.2) is 4.98 Å². The van der Waals surface area contributed by atoms with Gasteiger partial charge in [0.2, 0.25) is 0 Å². The molecule has 0 saturated heterocycles. The molecule has 1 amide bonds. The van der Waals surface area contributed by atoms with Gasteiger partial charge in [-0.15, -0.1) is 0 Å². The Hall–Kier alpha value is -2.08. The van der Waals surface area contributed by atoms with Crippen LogP contribution in [0.2, 0.25) is 0 Å². The second-order valence-corrected chi connectivity index (χ2v) is 6.38. The molecule has 2 heterocycles. The Balaban J connectivity index is 1.59. The Labute approximate surface area is 133 Å². The summed E-state index contributed by atoms with van der Waals surface area (Å²) in [6.45, 7) is 3.10. The molecule has 6 heteroatoms. The number of anilines is 1. The van der Waals surface area contributed by atoms with E-state index < -0.39 is 0 Å². The molecule has 22 heavy (non-hydrogen) atoms. The summed E-state index contributed by atoms with van der Waals surface area (Å²) in [5.74, 6) is 1.20. The van der Waals surface area contributed by atoms with Crippen molar-refractivity contribution in [3.05, 3.63) is 40.4 Å². The maximum absolute atomic E-state index is 12.3. The standard InChI is InChI=1S/C16H19N3O2S/c1-10-14(22-16(17-2)19-10)15(20)18-8-11-7-12-5-3-4-6-13(12)21-9-11/h3-6,11H,7-9H2,1-2H3,(H,17,19)(H,18,20). The van der Waals surface area contributed by atoms with Crippen molar-refractivity contribution in [2.45, 2.75) is 13.3 Å². The van der Waals surface area contributed by atoms with Crippen LogP contribution in [-0.4, -0.2) is 31.1 Å². The van der Waals surface area contributed by atoms with E-state index in [-0.39, 0.29) is 5.91 Å². The number of fused-ring (bicyclic) bond motifs is 1. The molecule has 1 unspecified atom stereocenters. The molecule has 0 bridgehead atoms. The Bertz CT molecular complexity index is 684. The second-order valence-electron chi connectivity index (χ2n) is 5.38. The number of hydrogen-bond acceptors (Lipinski definition) is 5. The van der Waals surface area contributed by atoms with Crippen LogP contribution in [-0.2, 0) is 6.42 Å². The molecule has 2 N–H and O–H groups in total. The Kier molecular flexibility index (Phi) is 4.29. The SMILES string of the molecule is CNc1nc(C)c(C(=O)NCC2COc3ccccc3C2)s1. The molecule has 1 aliphatic heterocycles. The summed E-state index contributed by atoms with van der Waals surface area (Å²) in [4.78, 5) is 17.2. The van der Waals surface area contributed by atoms with Gasteiger partial charge in [0.25, 0.3) is 5.91 Å². The van der Waals surface area contributed by atoms with E-state index in [1.807, 2.05) is 25.1 Å². The maximum Gasteiger partial charge on any atom is 0.263 e. The van der Waals surface area contributed by atoms with E-state index in [4.69, 9.17) is 4.74 Å². The fraction of sp³-hybridized carbons (Fsp3) is 0.375. The van der Waals surface area contributed by atoms with Gasteiger partial charge in [-0.1, -0.05) is 29.5 Å². The zero-order valence-electron chi connectivity index (χ0n) is 12.7. The van der Waals surface area contributed by atoms with Crippen LogP contribution in [0.5, 0.6) is 5.75 Å². The van der Waals surface area contributed by atoms with E-state index in [1.54, 1.807) is 7.05 Å². The summed E-state index contributed by atoms with van der Waals surface area (Å²) in [5.41, 5.74) is 1.97. The fourth-order valence-electron chi connectivity index (χ4n) is 2.55. The molecule has 116 valence electrons. The van der Waals surface area contributed by atoms with Gasteiger partial charge in [0.15, 0.2) is 5.13 Å². The lowest BCUT2D eigenvalue weighted by atomic mass is 9.97. The van der Waals surface area contributed by atoms with Gasteiger partial charge in [0, 0.05) is 19.5 Å². The third kappa shape index (κ3) is 3.06. The molecule has 0 fully saturated rings.